The van der Waals surface area contributed by atoms with E-state index in [-0.39, 0.29) is 0 Å². The zero-order valence-electron chi connectivity index (χ0n) is 11.2. The summed E-state index contributed by atoms with van der Waals surface area (Å²) in [5.41, 5.74) is 5.58. The highest BCUT2D eigenvalue weighted by atomic mass is 15.0. The minimum absolute atomic E-state index is 1.02. The zero-order chi connectivity index (χ0) is 13.2. The predicted octanol–water partition coefficient (Wildman–Crippen LogP) is 4.16. The highest BCUT2D eigenvalue weighted by Crippen LogP contribution is 2.21. The van der Waals surface area contributed by atoms with Crippen molar-refractivity contribution in [2.45, 2.75) is 13.8 Å². The molecule has 0 atom stereocenters. The molecule has 2 heteroatoms. The van der Waals surface area contributed by atoms with Crippen LogP contribution in [0.3, 0.4) is 0 Å². The Bertz CT molecular complexity index is 696. The molecule has 0 amide bonds. The summed E-state index contributed by atoms with van der Waals surface area (Å²) in [6.07, 6.45) is 2.07. The van der Waals surface area contributed by atoms with Gasteiger partial charge in [0.2, 0.25) is 0 Å². The van der Waals surface area contributed by atoms with Gasteiger partial charge in [-0.3, -0.25) is 4.98 Å². The molecule has 0 bridgehead atoms. The van der Waals surface area contributed by atoms with Crippen LogP contribution in [0.5, 0.6) is 0 Å². The van der Waals surface area contributed by atoms with E-state index < -0.39 is 0 Å². The van der Waals surface area contributed by atoms with Crippen molar-refractivity contribution in [1.29, 1.82) is 0 Å². The Morgan fingerprint density at radius 3 is 2.26 bits per heavy atom. The lowest BCUT2D eigenvalue weighted by Gasteiger charge is -2.11. The van der Waals surface area contributed by atoms with Crippen LogP contribution in [0.2, 0.25) is 0 Å². The van der Waals surface area contributed by atoms with E-state index in [1.807, 2.05) is 18.2 Å². The first-order valence-corrected chi connectivity index (χ1v) is 6.43. The number of pyridine rings is 1. The minimum atomic E-state index is 1.02. The normalized spacial score (nSPS) is 10.6. The maximum atomic E-state index is 4.72. The van der Waals surface area contributed by atoms with Gasteiger partial charge >= 0.3 is 0 Å². The number of aromatic nitrogens is 2. The predicted molar refractivity (Wildman–Crippen MR) is 78.5 cm³/mol. The Balaban J connectivity index is 2.06. The fourth-order valence-electron chi connectivity index (χ4n) is 2.31. The molecule has 0 aliphatic carbocycles. The van der Waals surface area contributed by atoms with Crippen molar-refractivity contribution in [3.63, 3.8) is 0 Å². The quantitative estimate of drug-likeness (QED) is 0.666. The molecule has 2 heterocycles. The monoisotopic (exact) mass is 248 g/mol. The van der Waals surface area contributed by atoms with Gasteiger partial charge < -0.3 is 4.57 Å². The first kappa shape index (κ1) is 11.7. The summed E-state index contributed by atoms with van der Waals surface area (Å²) in [6.45, 7) is 4.16. The average molecular weight is 248 g/mol. The van der Waals surface area contributed by atoms with Crippen LogP contribution in [0.25, 0.3) is 16.9 Å². The first-order chi connectivity index (χ1) is 9.25. The lowest BCUT2D eigenvalue weighted by Crippen LogP contribution is -2.00. The number of benzene rings is 1. The standard InChI is InChI=1S/C17H16N2/c1-13-7-6-12-19(13)17-11-10-16(18-14(17)2)15-8-4-3-5-9-15/h3-12H,1-2H3. The minimum Gasteiger partial charge on any atom is -0.319 e. The molecule has 94 valence electrons. The third-order valence-electron chi connectivity index (χ3n) is 3.34. The van der Waals surface area contributed by atoms with E-state index in [1.165, 1.54) is 5.69 Å². The molecule has 0 radical (unpaired) electrons. The van der Waals surface area contributed by atoms with Crippen LogP contribution in [0.15, 0.2) is 60.8 Å². The van der Waals surface area contributed by atoms with Gasteiger partial charge in [0.1, 0.15) is 0 Å². The molecule has 2 nitrogen and oxygen atoms in total. The van der Waals surface area contributed by atoms with Crippen LogP contribution >= 0.6 is 0 Å². The Hall–Kier alpha value is -2.35. The molecule has 0 unspecified atom stereocenters. The van der Waals surface area contributed by atoms with Crippen molar-refractivity contribution >= 4 is 0 Å². The first-order valence-electron chi connectivity index (χ1n) is 6.43. The number of aryl methyl sites for hydroxylation is 2. The van der Waals surface area contributed by atoms with Crippen LogP contribution in [0, 0.1) is 13.8 Å². The largest absolute Gasteiger partial charge is 0.319 e. The molecule has 3 aromatic rings. The summed E-state index contributed by atoms with van der Waals surface area (Å²) < 4.78 is 2.16. The molecule has 19 heavy (non-hydrogen) atoms. The topological polar surface area (TPSA) is 17.8 Å². The SMILES string of the molecule is Cc1nc(-c2ccccc2)ccc1-n1cccc1C. The van der Waals surface area contributed by atoms with E-state index >= 15 is 0 Å². The van der Waals surface area contributed by atoms with Crippen LogP contribution in [0.4, 0.5) is 0 Å². The van der Waals surface area contributed by atoms with Gasteiger partial charge in [-0.25, -0.2) is 0 Å². The molecule has 0 fully saturated rings. The lowest BCUT2D eigenvalue weighted by molar-refractivity contribution is 0.978. The zero-order valence-corrected chi connectivity index (χ0v) is 11.2. The number of hydrogen-bond donors (Lipinski definition) is 0. The van der Waals surface area contributed by atoms with Gasteiger partial charge in [-0.1, -0.05) is 30.3 Å². The highest BCUT2D eigenvalue weighted by molar-refractivity contribution is 5.60. The molecule has 0 saturated carbocycles. The lowest BCUT2D eigenvalue weighted by atomic mass is 10.1. The number of nitrogens with zero attached hydrogens (tertiary/aromatic N) is 2. The van der Waals surface area contributed by atoms with Crippen molar-refractivity contribution in [1.82, 2.24) is 9.55 Å². The smallest absolute Gasteiger partial charge is 0.0706 e. The fourth-order valence-corrected chi connectivity index (χ4v) is 2.31. The summed E-state index contributed by atoms with van der Waals surface area (Å²) in [4.78, 5) is 4.72. The maximum absolute atomic E-state index is 4.72. The molecule has 1 aromatic carbocycles. The van der Waals surface area contributed by atoms with Gasteiger partial charge in [0, 0.05) is 17.5 Å². The number of rotatable bonds is 2. The van der Waals surface area contributed by atoms with Crippen molar-refractivity contribution in [3.05, 3.63) is 72.2 Å². The Labute approximate surface area is 113 Å². The fraction of sp³-hybridized carbons (Fsp3) is 0.118. The van der Waals surface area contributed by atoms with Gasteiger partial charge in [-0.2, -0.15) is 0 Å². The average Bonchev–Trinajstić information content (AvgIpc) is 2.86. The second kappa shape index (κ2) is 4.73. The van der Waals surface area contributed by atoms with E-state index in [4.69, 9.17) is 4.98 Å². The van der Waals surface area contributed by atoms with E-state index in [0.29, 0.717) is 0 Å². The van der Waals surface area contributed by atoms with Crippen molar-refractivity contribution in [2.75, 3.05) is 0 Å². The van der Waals surface area contributed by atoms with Crippen LogP contribution in [0.1, 0.15) is 11.4 Å². The van der Waals surface area contributed by atoms with Gasteiger partial charge in [-0.15, -0.1) is 0 Å². The van der Waals surface area contributed by atoms with E-state index in [9.17, 15) is 0 Å². The van der Waals surface area contributed by atoms with Gasteiger partial charge in [-0.05, 0) is 38.1 Å². The van der Waals surface area contributed by atoms with Crippen molar-refractivity contribution in [3.8, 4) is 16.9 Å². The molecular weight excluding hydrogens is 232 g/mol. The van der Waals surface area contributed by atoms with Gasteiger partial charge in [0.25, 0.3) is 0 Å². The summed E-state index contributed by atoms with van der Waals surface area (Å²) in [6, 6.07) is 18.6. The molecule has 0 aliphatic heterocycles. The van der Waals surface area contributed by atoms with Crippen LogP contribution in [-0.2, 0) is 0 Å². The Morgan fingerprint density at radius 1 is 0.842 bits per heavy atom. The van der Waals surface area contributed by atoms with E-state index in [0.717, 1.165) is 22.6 Å². The maximum Gasteiger partial charge on any atom is 0.0706 e. The Morgan fingerprint density at radius 2 is 1.63 bits per heavy atom. The molecule has 2 aromatic heterocycles. The second-order valence-electron chi connectivity index (χ2n) is 4.69. The van der Waals surface area contributed by atoms with Gasteiger partial charge in [0.05, 0.1) is 17.1 Å². The third-order valence-corrected chi connectivity index (χ3v) is 3.34. The molecule has 0 saturated heterocycles. The van der Waals surface area contributed by atoms with Gasteiger partial charge in [0.15, 0.2) is 0 Å². The highest BCUT2D eigenvalue weighted by Gasteiger charge is 2.06. The van der Waals surface area contributed by atoms with E-state index in [2.05, 4.69) is 61.0 Å². The summed E-state index contributed by atoms with van der Waals surface area (Å²) in [7, 11) is 0. The van der Waals surface area contributed by atoms with Crippen LogP contribution < -0.4 is 0 Å². The number of hydrogen-bond acceptors (Lipinski definition) is 1. The summed E-state index contributed by atoms with van der Waals surface area (Å²) in [5, 5.41) is 0. The summed E-state index contributed by atoms with van der Waals surface area (Å²) in [5.74, 6) is 0. The summed E-state index contributed by atoms with van der Waals surface area (Å²) >= 11 is 0. The Kier molecular flexibility index (Phi) is 2.92. The molecule has 3 rings (SSSR count). The van der Waals surface area contributed by atoms with E-state index in [1.54, 1.807) is 0 Å². The molecule has 0 N–H and O–H groups in total. The third kappa shape index (κ3) is 2.17. The van der Waals surface area contributed by atoms with Crippen molar-refractivity contribution in [2.24, 2.45) is 0 Å². The molecule has 0 aliphatic rings. The molecule has 0 spiro atoms. The van der Waals surface area contributed by atoms with Crippen LogP contribution in [-0.4, -0.2) is 9.55 Å². The second-order valence-corrected chi connectivity index (χ2v) is 4.69. The molecular formula is C17H16N2. The van der Waals surface area contributed by atoms with Crippen molar-refractivity contribution < 1.29 is 0 Å².